The summed E-state index contributed by atoms with van der Waals surface area (Å²) in [6.45, 7) is 7.20. The summed E-state index contributed by atoms with van der Waals surface area (Å²) in [7, 11) is 1.73. The molecule has 0 unspecified atom stereocenters. The zero-order chi connectivity index (χ0) is 25.5. The molecule has 196 valence electrons. The molecule has 3 aliphatic heterocycles. The lowest BCUT2D eigenvalue weighted by Gasteiger charge is -2.43. The van der Waals surface area contributed by atoms with Crippen molar-refractivity contribution in [2.24, 2.45) is 0 Å². The molecule has 10 nitrogen and oxygen atoms in total. The van der Waals surface area contributed by atoms with Crippen molar-refractivity contribution in [3.05, 3.63) is 55.0 Å². The van der Waals surface area contributed by atoms with Crippen LogP contribution in [0.5, 0.6) is 11.5 Å². The van der Waals surface area contributed by atoms with Gasteiger partial charge in [0.15, 0.2) is 11.5 Å². The summed E-state index contributed by atoms with van der Waals surface area (Å²) in [5, 5.41) is 6.86. The van der Waals surface area contributed by atoms with E-state index in [4.69, 9.17) is 19.2 Å². The summed E-state index contributed by atoms with van der Waals surface area (Å²) in [5.74, 6) is 2.36. The fourth-order valence-electron chi connectivity index (χ4n) is 5.36. The van der Waals surface area contributed by atoms with E-state index in [1.807, 2.05) is 35.0 Å². The van der Waals surface area contributed by atoms with Gasteiger partial charge in [-0.1, -0.05) is 6.07 Å². The van der Waals surface area contributed by atoms with Gasteiger partial charge in [-0.15, -0.1) is 0 Å². The van der Waals surface area contributed by atoms with Crippen LogP contribution in [0.2, 0.25) is 0 Å². The van der Waals surface area contributed by atoms with Crippen LogP contribution >= 0.6 is 0 Å². The monoisotopic (exact) mass is 513 g/mol. The Morgan fingerprint density at radius 3 is 2.79 bits per heavy atom. The molecule has 2 fully saturated rings. The molecule has 7 rings (SSSR count). The second-order valence-electron chi connectivity index (χ2n) is 9.84. The van der Waals surface area contributed by atoms with Gasteiger partial charge in [0.1, 0.15) is 18.1 Å². The molecule has 38 heavy (non-hydrogen) atoms. The Labute approximate surface area is 221 Å². The number of anilines is 4. The van der Waals surface area contributed by atoms with Gasteiger partial charge in [0, 0.05) is 68.6 Å². The zero-order valence-corrected chi connectivity index (χ0v) is 21.4. The number of nitrogens with zero attached hydrogens (tertiary/aromatic N) is 5. The van der Waals surface area contributed by atoms with Crippen molar-refractivity contribution in [1.82, 2.24) is 19.3 Å². The van der Waals surface area contributed by atoms with E-state index >= 15 is 0 Å². The summed E-state index contributed by atoms with van der Waals surface area (Å²) >= 11 is 0. The molecule has 0 spiro atoms. The zero-order valence-electron chi connectivity index (χ0n) is 21.4. The number of ether oxygens (including phenoxy) is 3. The second kappa shape index (κ2) is 9.70. The minimum Gasteiger partial charge on any atom is -0.495 e. The highest BCUT2D eigenvalue weighted by molar-refractivity contribution is 5.77. The normalized spacial score (nSPS) is 17.9. The lowest BCUT2D eigenvalue weighted by molar-refractivity contribution is -0.0660. The molecule has 2 saturated heterocycles. The fraction of sp³-hybridized carbons (Fsp3) is 0.357. The van der Waals surface area contributed by atoms with E-state index in [2.05, 4.69) is 43.6 Å². The largest absolute Gasteiger partial charge is 0.495 e. The van der Waals surface area contributed by atoms with Gasteiger partial charge >= 0.3 is 0 Å². The van der Waals surface area contributed by atoms with E-state index in [-0.39, 0.29) is 0 Å². The Hall–Kier alpha value is -4.02. The smallest absolute Gasteiger partial charge is 0.180 e. The molecular weight excluding hydrogens is 482 g/mol. The van der Waals surface area contributed by atoms with Crippen LogP contribution in [0, 0.1) is 0 Å². The van der Waals surface area contributed by atoms with Gasteiger partial charge < -0.3 is 34.1 Å². The van der Waals surface area contributed by atoms with E-state index in [1.165, 1.54) is 0 Å². The maximum atomic E-state index is 5.85. The fourth-order valence-corrected chi connectivity index (χ4v) is 5.36. The minimum atomic E-state index is 0.582. The van der Waals surface area contributed by atoms with Crippen LogP contribution in [0.25, 0.3) is 16.9 Å². The molecule has 2 N–H and O–H groups in total. The molecule has 3 aliphatic rings. The Morgan fingerprint density at radius 1 is 1.08 bits per heavy atom. The van der Waals surface area contributed by atoms with Gasteiger partial charge in [0.2, 0.25) is 0 Å². The lowest BCUT2D eigenvalue weighted by Crippen LogP contribution is -2.56. The quantitative estimate of drug-likeness (QED) is 0.402. The van der Waals surface area contributed by atoms with Crippen LogP contribution in [-0.2, 0) is 4.74 Å². The number of imidazole rings is 1. The molecule has 4 aromatic rings. The van der Waals surface area contributed by atoms with Crippen molar-refractivity contribution in [3.63, 3.8) is 0 Å². The molecule has 0 amide bonds. The Kier molecular flexibility index (Phi) is 5.90. The van der Waals surface area contributed by atoms with Crippen LogP contribution < -0.4 is 25.0 Å². The number of hydrogen-bond acceptors (Lipinski definition) is 9. The third kappa shape index (κ3) is 4.25. The van der Waals surface area contributed by atoms with Crippen LogP contribution in [-0.4, -0.2) is 85.0 Å². The van der Waals surface area contributed by atoms with Crippen molar-refractivity contribution in [2.45, 2.75) is 6.04 Å². The first-order chi connectivity index (χ1) is 18.7. The summed E-state index contributed by atoms with van der Waals surface area (Å²) in [4.78, 5) is 14.4. The predicted octanol–water partition coefficient (Wildman–Crippen LogP) is 3.47. The van der Waals surface area contributed by atoms with Crippen molar-refractivity contribution in [3.8, 4) is 22.8 Å². The summed E-state index contributed by atoms with van der Waals surface area (Å²) in [6, 6.07) is 13.0. The number of rotatable bonds is 6. The number of aromatic nitrogens is 3. The van der Waals surface area contributed by atoms with E-state index in [1.54, 1.807) is 13.3 Å². The molecule has 2 aromatic carbocycles. The topological polar surface area (TPSA) is 88.4 Å². The highest BCUT2D eigenvalue weighted by Gasteiger charge is 2.29. The average Bonchev–Trinajstić information content (AvgIpc) is 3.41. The maximum Gasteiger partial charge on any atom is 0.180 e. The van der Waals surface area contributed by atoms with Crippen LogP contribution in [0.15, 0.2) is 55.0 Å². The first kappa shape index (κ1) is 23.1. The molecule has 2 aromatic heterocycles. The van der Waals surface area contributed by atoms with Gasteiger partial charge in [-0.2, -0.15) is 0 Å². The van der Waals surface area contributed by atoms with Crippen molar-refractivity contribution in [1.29, 1.82) is 0 Å². The van der Waals surface area contributed by atoms with E-state index in [9.17, 15) is 0 Å². The van der Waals surface area contributed by atoms with Crippen molar-refractivity contribution < 1.29 is 14.2 Å². The molecule has 0 saturated carbocycles. The van der Waals surface area contributed by atoms with Gasteiger partial charge in [-0.3, -0.25) is 4.90 Å². The predicted molar refractivity (Wildman–Crippen MR) is 147 cm³/mol. The molecule has 0 radical (unpaired) electrons. The van der Waals surface area contributed by atoms with Gasteiger partial charge in [-0.25, -0.2) is 9.97 Å². The Morgan fingerprint density at radius 2 is 1.97 bits per heavy atom. The third-order valence-corrected chi connectivity index (χ3v) is 7.56. The van der Waals surface area contributed by atoms with Crippen LogP contribution in [0.4, 0.5) is 22.9 Å². The number of piperazine rings is 1. The Balaban J connectivity index is 1.15. The number of nitrogens with one attached hydrogen (secondary N) is 2. The van der Waals surface area contributed by atoms with Gasteiger partial charge in [0.25, 0.3) is 0 Å². The van der Waals surface area contributed by atoms with E-state index in [0.29, 0.717) is 18.5 Å². The standard InChI is InChI=1S/C28H31N7O3/c1-36-26-15-20(3-5-24(26)34-11-9-33(10-12-34)21-17-37-18-21)31-27-28-30-6-8-35(28)16-23(32-27)19-2-4-22-25(14-19)38-13-7-29-22/h2-6,8,14-16,21,29H,7,9-13,17-18H2,1H3,(H,31,32). The average molecular weight is 514 g/mol. The first-order valence-corrected chi connectivity index (χ1v) is 13.1. The summed E-state index contributed by atoms with van der Waals surface area (Å²) in [5.41, 5.74) is 5.57. The third-order valence-electron chi connectivity index (χ3n) is 7.56. The van der Waals surface area contributed by atoms with Gasteiger partial charge in [-0.05, 0) is 24.3 Å². The maximum absolute atomic E-state index is 5.85. The highest BCUT2D eigenvalue weighted by Crippen LogP contribution is 2.35. The molecule has 5 heterocycles. The number of methoxy groups -OCH3 is 1. The van der Waals surface area contributed by atoms with Crippen LogP contribution in [0.1, 0.15) is 0 Å². The van der Waals surface area contributed by atoms with Crippen molar-refractivity contribution >= 4 is 28.5 Å². The molecule has 10 heteroatoms. The first-order valence-electron chi connectivity index (χ1n) is 13.1. The molecule has 0 aliphatic carbocycles. The summed E-state index contributed by atoms with van der Waals surface area (Å²) < 4.78 is 19.0. The van der Waals surface area contributed by atoms with Crippen molar-refractivity contribution in [2.75, 3.05) is 75.2 Å². The number of fused-ring (bicyclic) bond motifs is 2. The molecule has 0 atom stereocenters. The molecular formula is C28H31N7O3. The number of hydrogen-bond donors (Lipinski definition) is 2. The Bertz CT molecular complexity index is 1460. The van der Waals surface area contributed by atoms with Crippen LogP contribution in [0.3, 0.4) is 0 Å². The summed E-state index contributed by atoms with van der Waals surface area (Å²) in [6.07, 6.45) is 5.71. The van der Waals surface area contributed by atoms with E-state index < -0.39 is 0 Å². The second-order valence-corrected chi connectivity index (χ2v) is 9.84. The highest BCUT2D eigenvalue weighted by atomic mass is 16.5. The lowest BCUT2D eigenvalue weighted by atomic mass is 10.1. The van der Waals surface area contributed by atoms with Gasteiger partial charge in [0.05, 0.1) is 43.4 Å². The minimum absolute atomic E-state index is 0.582. The molecule has 0 bridgehead atoms. The number of benzene rings is 2. The SMILES string of the molecule is COc1cc(Nc2nc(-c3ccc4c(c3)OCCN4)cn3ccnc23)ccc1N1CCN(C2COC2)CC1. The van der Waals surface area contributed by atoms with E-state index in [0.717, 1.165) is 91.4 Å².